The molecule has 316 valence electrons. The van der Waals surface area contributed by atoms with Gasteiger partial charge in [0.2, 0.25) is 0 Å². The number of carbonyl (C=O) groups is 4. The second-order valence-corrected chi connectivity index (χ2v) is 17.8. The predicted molar refractivity (Wildman–Crippen MR) is 205 cm³/mol. The quantitative estimate of drug-likeness (QED) is 0.128. The maximum absolute atomic E-state index is 14.1. The highest BCUT2D eigenvalue weighted by Gasteiger charge is 2.77. The molecule has 2 aromatic rings. The minimum atomic E-state index is -2.31. The van der Waals surface area contributed by atoms with E-state index in [9.17, 15) is 44.7 Å². The van der Waals surface area contributed by atoms with Crippen LogP contribution in [0.2, 0.25) is 0 Å². The standard InChI is InChI=1S/C43H55NO14/c1-22-26(55-37(51)32(48)30(24-15-11-9-12-16-24)44-38(52)58-39(3,4)5)20-43(53)35(56-36(50)25-17-13-10-14-18-25)33-41(8,34(49)31(47)29(22)40(43,6)7)27(46)19-28-42(33,21-54-28)57-23(2)45/h9-18,26-28,30-35,46-49,53H,19-21H2,1-8H3,(H,44,52)/t26-,27-,28+,30-,31+,32+,33-,34?,35-,41+,42-,43+/m0/s1. The van der Waals surface area contributed by atoms with E-state index < -0.39 is 113 Å². The molecule has 6 N–H and O–H groups in total. The second-order valence-electron chi connectivity index (χ2n) is 17.8. The number of amides is 1. The fourth-order valence-electron chi connectivity index (χ4n) is 9.78. The lowest BCUT2D eigenvalue weighted by atomic mass is 9.44. The summed E-state index contributed by atoms with van der Waals surface area (Å²) in [6.45, 7) is 12.1. The first kappa shape index (κ1) is 43.2. The Morgan fingerprint density at radius 1 is 0.931 bits per heavy atom. The van der Waals surface area contributed by atoms with Crippen molar-refractivity contribution in [3.8, 4) is 0 Å². The van der Waals surface area contributed by atoms with Crippen molar-refractivity contribution in [3.05, 3.63) is 82.9 Å². The normalized spacial score (nSPS) is 34.9. The van der Waals surface area contributed by atoms with E-state index in [2.05, 4.69) is 5.32 Å². The van der Waals surface area contributed by atoms with E-state index in [-0.39, 0.29) is 29.7 Å². The fraction of sp³-hybridized carbons (Fsp3) is 0.581. The number of ether oxygens (including phenoxy) is 5. The lowest BCUT2D eigenvalue weighted by Gasteiger charge is -2.69. The van der Waals surface area contributed by atoms with Crippen LogP contribution in [0, 0.1) is 16.7 Å². The number of carbonyl (C=O) groups excluding carboxylic acids is 4. The van der Waals surface area contributed by atoms with Gasteiger partial charge in [0.05, 0.1) is 36.3 Å². The van der Waals surface area contributed by atoms with Crippen LogP contribution in [0.5, 0.6) is 0 Å². The average Bonchev–Trinajstić information content (AvgIpc) is 3.14. The Bertz CT molecular complexity index is 1930. The molecule has 4 aliphatic rings. The number of alkyl carbamates (subject to hydrolysis) is 1. The van der Waals surface area contributed by atoms with Crippen molar-refractivity contribution in [2.24, 2.45) is 16.7 Å². The Morgan fingerprint density at radius 2 is 1.53 bits per heavy atom. The average molecular weight is 810 g/mol. The first-order valence-corrected chi connectivity index (χ1v) is 19.5. The van der Waals surface area contributed by atoms with Crippen molar-refractivity contribution in [1.82, 2.24) is 5.32 Å². The summed E-state index contributed by atoms with van der Waals surface area (Å²) in [5.74, 6) is -4.27. The fourth-order valence-corrected chi connectivity index (χ4v) is 9.78. The SMILES string of the molecule is CC(=O)O[C@@]12CO[C@@H]1C[C@H](O)[C@@]1(C)C(O)[C@H](O)C3=C(C)[C@@H](OC(=O)[C@H](O)[C@@H](NC(=O)OC(C)(C)C)c4ccccc4)C[C@@](O)([C@@H](OC(=O)c4ccccc4)[C@H]21)C3(C)C. The van der Waals surface area contributed by atoms with Gasteiger partial charge in [0, 0.05) is 30.6 Å². The first-order chi connectivity index (χ1) is 27.0. The van der Waals surface area contributed by atoms with Crippen molar-refractivity contribution in [1.29, 1.82) is 0 Å². The molecule has 1 unspecified atom stereocenters. The summed E-state index contributed by atoms with van der Waals surface area (Å²) in [7, 11) is 0. The molecule has 0 aromatic heterocycles. The number of esters is 3. The largest absolute Gasteiger partial charge is 0.456 e. The molecule has 12 atom stereocenters. The number of hydrogen-bond acceptors (Lipinski definition) is 14. The zero-order valence-electron chi connectivity index (χ0n) is 34.0. The summed E-state index contributed by atoms with van der Waals surface area (Å²) in [6, 6.07) is 14.8. The minimum Gasteiger partial charge on any atom is -0.456 e. The molecule has 15 heteroatoms. The Hall–Kier alpha value is -4.38. The highest BCUT2D eigenvalue weighted by Crippen LogP contribution is 2.65. The van der Waals surface area contributed by atoms with Gasteiger partial charge in [0.25, 0.3) is 0 Å². The number of aliphatic hydroxyl groups is 5. The van der Waals surface area contributed by atoms with Crippen LogP contribution in [0.1, 0.15) is 90.2 Å². The zero-order chi connectivity index (χ0) is 42.7. The highest BCUT2D eigenvalue weighted by atomic mass is 16.6. The van der Waals surface area contributed by atoms with E-state index in [1.165, 1.54) is 26.0 Å². The van der Waals surface area contributed by atoms with Crippen molar-refractivity contribution in [3.63, 3.8) is 0 Å². The summed E-state index contributed by atoms with van der Waals surface area (Å²) in [6.07, 6.45) is -12.8. The number of benzene rings is 2. The molecule has 58 heavy (non-hydrogen) atoms. The van der Waals surface area contributed by atoms with Crippen LogP contribution in [-0.2, 0) is 33.3 Å². The van der Waals surface area contributed by atoms with Crippen LogP contribution in [0.4, 0.5) is 4.79 Å². The third-order valence-electron chi connectivity index (χ3n) is 12.8. The molecule has 3 aliphatic carbocycles. The molecule has 0 radical (unpaired) electrons. The molecular weight excluding hydrogens is 754 g/mol. The summed E-state index contributed by atoms with van der Waals surface area (Å²) in [4.78, 5) is 54.0. The van der Waals surface area contributed by atoms with Crippen LogP contribution >= 0.6 is 0 Å². The molecule has 3 fully saturated rings. The molecule has 2 saturated carbocycles. The third kappa shape index (κ3) is 7.19. The summed E-state index contributed by atoms with van der Waals surface area (Å²) < 4.78 is 29.7. The van der Waals surface area contributed by atoms with E-state index in [1.54, 1.807) is 90.1 Å². The lowest BCUT2D eigenvalue weighted by Crippen LogP contribution is -2.82. The first-order valence-electron chi connectivity index (χ1n) is 19.5. The lowest BCUT2D eigenvalue weighted by molar-refractivity contribution is -0.365. The minimum absolute atomic E-state index is 0.0358. The van der Waals surface area contributed by atoms with Crippen molar-refractivity contribution in [2.75, 3.05) is 6.61 Å². The van der Waals surface area contributed by atoms with Gasteiger partial charge in [-0.2, -0.15) is 0 Å². The predicted octanol–water partition coefficient (Wildman–Crippen LogP) is 3.05. The van der Waals surface area contributed by atoms with Gasteiger partial charge < -0.3 is 54.5 Å². The highest BCUT2D eigenvalue weighted by molar-refractivity contribution is 5.89. The smallest absolute Gasteiger partial charge is 0.408 e. The monoisotopic (exact) mass is 809 g/mol. The van der Waals surface area contributed by atoms with Crippen molar-refractivity contribution < 1.29 is 68.4 Å². The van der Waals surface area contributed by atoms with E-state index >= 15 is 0 Å². The van der Waals surface area contributed by atoms with Crippen LogP contribution in [-0.4, -0.2) is 116 Å². The molecular formula is C43H55NO14. The molecule has 6 rings (SSSR count). The maximum atomic E-state index is 14.1. The molecule has 0 spiro atoms. The Kier molecular flexibility index (Phi) is 11.4. The number of hydrogen-bond donors (Lipinski definition) is 6. The van der Waals surface area contributed by atoms with Gasteiger partial charge in [-0.05, 0) is 56.5 Å². The van der Waals surface area contributed by atoms with Gasteiger partial charge in [-0.1, -0.05) is 69.3 Å². The van der Waals surface area contributed by atoms with E-state index in [0.717, 1.165) is 0 Å². The van der Waals surface area contributed by atoms with Gasteiger partial charge in [0.15, 0.2) is 11.7 Å². The molecule has 1 heterocycles. The van der Waals surface area contributed by atoms with E-state index in [1.807, 2.05) is 0 Å². The Balaban J connectivity index is 1.48. The van der Waals surface area contributed by atoms with Gasteiger partial charge >= 0.3 is 24.0 Å². The van der Waals surface area contributed by atoms with Crippen molar-refractivity contribution in [2.45, 2.75) is 134 Å². The van der Waals surface area contributed by atoms with Gasteiger partial charge in [-0.15, -0.1) is 0 Å². The summed E-state index contributed by atoms with van der Waals surface area (Å²) in [5.41, 5.74) is -7.58. The summed E-state index contributed by atoms with van der Waals surface area (Å²) in [5, 5.41) is 64.1. The van der Waals surface area contributed by atoms with Gasteiger partial charge in [-0.3, -0.25) is 4.79 Å². The molecule has 1 amide bonds. The third-order valence-corrected chi connectivity index (χ3v) is 12.8. The van der Waals surface area contributed by atoms with E-state index in [0.29, 0.717) is 5.56 Å². The number of fused-ring (bicyclic) bond motifs is 5. The maximum Gasteiger partial charge on any atom is 0.408 e. The van der Waals surface area contributed by atoms with E-state index in [4.69, 9.17) is 23.7 Å². The molecule has 1 aliphatic heterocycles. The number of aliphatic hydroxyl groups excluding tert-OH is 4. The van der Waals surface area contributed by atoms with Crippen molar-refractivity contribution >= 4 is 24.0 Å². The van der Waals surface area contributed by atoms with Gasteiger partial charge in [-0.25, -0.2) is 14.4 Å². The molecule has 15 nitrogen and oxygen atoms in total. The molecule has 1 saturated heterocycles. The van der Waals surface area contributed by atoms with Crippen LogP contribution < -0.4 is 5.32 Å². The number of rotatable bonds is 8. The van der Waals surface area contributed by atoms with Crippen LogP contribution in [0.3, 0.4) is 0 Å². The van der Waals surface area contributed by atoms with Crippen LogP contribution in [0.25, 0.3) is 0 Å². The molecule has 2 aromatic carbocycles. The second kappa shape index (κ2) is 15.3. The molecule has 2 bridgehead atoms. The summed E-state index contributed by atoms with van der Waals surface area (Å²) >= 11 is 0. The Morgan fingerprint density at radius 3 is 2.09 bits per heavy atom. The van der Waals surface area contributed by atoms with Gasteiger partial charge in [0.1, 0.15) is 35.6 Å². The number of nitrogens with one attached hydrogen (secondary N) is 1. The van der Waals surface area contributed by atoms with Crippen LogP contribution in [0.15, 0.2) is 71.8 Å². The topological polar surface area (TPSA) is 228 Å². The zero-order valence-corrected chi connectivity index (χ0v) is 34.0. The Labute approximate surface area is 337 Å².